The summed E-state index contributed by atoms with van der Waals surface area (Å²) in [6.07, 6.45) is 7.22. The molecule has 2 N–H and O–H groups in total. The molecule has 0 amide bonds. The molecule has 0 bridgehead atoms. The Bertz CT molecular complexity index is 790. The molecule has 1 aromatic heterocycles. The van der Waals surface area contributed by atoms with Gasteiger partial charge in [-0.1, -0.05) is 17.9 Å². The molecule has 0 unspecified atom stereocenters. The molecule has 0 spiro atoms. The number of rotatable bonds is 4. The maximum absolute atomic E-state index is 5.51. The van der Waals surface area contributed by atoms with Crippen molar-refractivity contribution in [2.24, 2.45) is 21.9 Å². The third kappa shape index (κ3) is 4.07. The number of benzene rings is 1. The summed E-state index contributed by atoms with van der Waals surface area (Å²) in [4.78, 5) is 8.29. The van der Waals surface area contributed by atoms with Crippen molar-refractivity contribution >= 4 is 11.9 Å². The zero-order valence-electron chi connectivity index (χ0n) is 13.0. The molecule has 5 heteroatoms. The molecule has 1 heterocycles. The molecule has 1 fully saturated rings. The summed E-state index contributed by atoms with van der Waals surface area (Å²) in [6.45, 7) is 2.38. The van der Waals surface area contributed by atoms with Gasteiger partial charge in [0.2, 0.25) is 5.89 Å². The van der Waals surface area contributed by atoms with E-state index in [1.807, 2.05) is 19.1 Å². The molecule has 1 aromatic carbocycles. The van der Waals surface area contributed by atoms with Gasteiger partial charge in [0.15, 0.2) is 0 Å². The summed E-state index contributed by atoms with van der Waals surface area (Å²) in [7, 11) is 0. The van der Waals surface area contributed by atoms with Crippen LogP contribution in [-0.2, 0) is 6.54 Å². The predicted octanol–water partition coefficient (Wildman–Crippen LogP) is 2.68. The average molecular weight is 306 g/mol. The van der Waals surface area contributed by atoms with Gasteiger partial charge in [0.25, 0.3) is 0 Å². The number of oxazole rings is 1. The second kappa shape index (κ2) is 6.93. The van der Waals surface area contributed by atoms with Crippen molar-refractivity contribution in [3.05, 3.63) is 53.2 Å². The number of nitrogens with two attached hydrogens (primary N) is 1. The minimum absolute atomic E-state index is 0.357. The molecular formula is C18H18N4O. The van der Waals surface area contributed by atoms with Crippen molar-refractivity contribution in [2.75, 3.05) is 0 Å². The van der Waals surface area contributed by atoms with Crippen LogP contribution in [0.1, 0.15) is 35.4 Å². The maximum atomic E-state index is 5.51. The van der Waals surface area contributed by atoms with Crippen LogP contribution >= 0.6 is 0 Å². The molecule has 116 valence electrons. The maximum Gasteiger partial charge on any atom is 0.215 e. The van der Waals surface area contributed by atoms with E-state index in [0.717, 1.165) is 16.7 Å². The van der Waals surface area contributed by atoms with Gasteiger partial charge in [0.05, 0.1) is 6.20 Å². The number of hydrogen-bond donors (Lipinski definition) is 1. The lowest BCUT2D eigenvalue weighted by molar-refractivity contribution is 0.498. The number of hydrazone groups is 1. The van der Waals surface area contributed by atoms with Crippen LogP contribution in [0, 0.1) is 24.7 Å². The van der Waals surface area contributed by atoms with Crippen LogP contribution in [0.25, 0.3) is 0 Å². The Morgan fingerprint density at radius 2 is 2.35 bits per heavy atom. The topological polar surface area (TPSA) is 76.8 Å². The highest BCUT2D eigenvalue weighted by molar-refractivity contribution is 6.38. The van der Waals surface area contributed by atoms with Crippen LogP contribution < -0.4 is 5.84 Å². The Hall–Kier alpha value is -2.87. The van der Waals surface area contributed by atoms with Gasteiger partial charge in [-0.2, -0.15) is 5.10 Å². The Labute approximate surface area is 135 Å². The first-order valence-corrected chi connectivity index (χ1v) is 7.55. The van der Waals surface area contributed by atoms with Gasteiger partial charge in [-0.15, -0.1) is 0 Å². The number of aryl methyl sites for hydroxylation is 1. The van der Waals surface area contributed by atoms with Crippen molar-refractivity contribution in [3.8, 4) is 11.8 Å². The molecule has 3 rings (SSSR count). The zero-order valence-corrected chi connectivity index (χ0v) is 13.0. The molecule has 0 atom stereocenters. The minimum Gasteiger partial charge on any atom is -0.447 e. The van der Waals surface area contributed by atoms with E-state index < -0.39 is 0 Å². The Morgan fingerprint density at radius 3 is 3.00 bits per heavy atom. The quantitative estimate of drug-likeness (QED) is 0.408. The fourth-order valence-corrected chi connectivity index (χ4v) is 2.16. The lowest BCUT2D eigenvalue weighted by Crippen LogP contribution is -2.08. The van der Waals surface area contributed by atoms with E-state index in [4.69, 9.17) is 10.3 Å². The summed E-state index contributed by atoms with van der Waals surface area (Å²) < 4.78 is 5.13. The molecular weight excluding hydrogens is 288 g/mol. The van der Waals surface area contributed by atoms with E-state index in [9.17, 15) is 0 Å². The average Bonchev–Trinajstić information content (AvgIpc) is 3.25. The highest BCUT2D eigenvalue weighted by atomic mass is 16.3. The minimum atomic E-state index is 0.357. The Morgan fingerprint density at radius 1 is 1.48 bits per heavy atom. The van der Waals surface area contributed by atoms with E-state index in [2.05, 4.69) is 33.0 Å². The standard InChI is InChI=1S/C18H18N4O/c1-13-10-15(5-4-14-2-3-14)6-7-16(13)17(22-19)11-20-12-18-21-8-9-23-18/h6-11,14H,2-3,12,19H2,1H3/b20-11?,22-17+. The van der Waals surface area contributed by atoms with Crippen LogP contribution in [0.4, 0.5) is 0 Å². The van der Waals surface area contributed by atoms with E-state index >= 15 is 0 Å². The van der Waals surface area contributed by atoms with Crippen molar-refractivity contribution in [2.45, 2.75) is 26.3 Å². The molecule has 0 radical (unpaired) electrons. The van der Waals surface area contributed by atoms with E-state index in [1.54, 1.807) is 12.4 Å². The molecule has 2 aromatic rings. The van der Waals surface area contributed by atoms with E-state index in [-0.39, 0.29) is 0 Å². The van der Waals surface area contributed by atoms with Crippen molar-refractivity contribution in [1.82, 2.24) is 4.98 Å². The van der Waals surface area contributed by atoms with Gasteiger partial charge >= 0.3 is 0 Å². The number of nitrogens with zero attached hydrogens (tertiary/aromatic N) is 3. The van der Waals surface area contributed by atoms with Crippen LogP contribution in [0.2, 0.25) is 0 Å². The molecule has 0 aliphatic heterocycles. The third-order valence-electron chi connectivity index (χ3n) is 3.56. The van der Waals surface area contributed by atoms with Crippen LogP contribution in [0.15, 0.2) is 45.2 Å². The Balaban J connectivity index is 1.73. The number of hydrogen-bond acceptors (Lipinski definition) is 5. The highest BCUT2D eigenvalue weighted by Crippen LogP contribution is 2.27. The SMILES string of the molecule is Cc1cc(C#CC2CC2)ccc1/C(C=NCc1ncco1)=N/N. The van der Waals surface area contributed by atoms with Gasteiger partial charge in [-0.3, -0.25) is 4.99 Å². The third-order valence-corrected chi connectivity index (χ3v) is 3.56. The second-order valence-electron chi connectivity index (χ2n) is 5.48. The molecule has 0 saturated heterocycles. The Kier molecular flexibility index (Phi) is 4.53. The summed E-state index contributed by atoms with van der Waals surface area (Å²) in [5.41, 5.74) is 3.65. The lowest BCUT2D eigenvalue weighted by atomic mass is 10.0. The van der Waals surface area contributed by atoms with E-state index in [1.165, 1.54) is 19.1 Å². The van der Waals surface area contributed by atoms with Crippen molar-refractivity contribution in [3.63, 3.8) is 0 Å². The molecule has 1 saturated carbocycles. The lowest BCUT2D eigenvalue weighted by Gasteiger charge is -2.05. The number of aromatic nitrogens is 1. The normalized spacial score (nSPS) is 14.7. The highest BCUT2D eigenvalue weighted by Gasteiger charge is 2.17. The summed E-state index contributed by atoms with van der Waals surface area (Å²) in [5, 5.41) is 3.83. The van der Waals surface area contributed by atoms with Gasteiger partial charge < -0.3 is 10.3 Å². The van der Waals surface area contributed by atoms with Crippen molar-refractivity contribution < 1.29 is 4.42 Å². The largest absolute Gasteiger partial charge is 0.447 e. The predicted molar refractivity (Wildman–Crippen MR) is 90.2 cm³/mol. The molecule has 1 aliphatic carbocycles. The fourth-order valence-electron chi connectivity index (χ4n) is 2.16. The molecule has 1 aliphatic rings. The van der Waals surface area contributed by atoms with Crippen LogP contribution in [0.5, 0.6) is 0 Å². The second-order valence-corrected chi connectivity index (χ2v) is 5.48. The van der Waals surface area contributed by atoms with Gasteiger partial charge in [0.1, 0.15) is 18.5 Å². The zero-order chi connectivity index (χ0) is 16.1. The van der Waals surface area contributed by atoms with Crippen LogP contribution in [-0.4, -0.2) is 16.9 Å². The summed E-state index contributed by atoms with van der Waals surface area (Å²) >= 11 is 0. The summed E-state index contributed by atoms with van der Waals surface area (Å²) in [5.74, 6) is 13.1. The first-order chi connectivity index (χ1) is 11.3. The van der Waals surface area contributed by atoms with Crippen LogP contribution in [0.3, 0.4) is 0 Å². The summed E-state index contributed by atoms with van der Waals surface area (Å²) in [6, 6.07) is 6.03. The fraction of sp³-hybridized carbons (Fsp3) is 0.278. The first-order valence-electron chi connectivity index (χ1n) is 7.55. The molecule has 5 nitrogen and oxygen atoms in total. The smallest absolute Gasteiger partial charge is 0.215 e. The molecule has 23 heavy (non-hydrogen) atoms. The van der Waals surface area contributed by atoms with Gasteiger partial charge in [-0.25, -0.2) is 4.98 Å². The van der Waals surface area contributed by atoms with Gasteiger partial charge in [-0.05, 0) is 37.5 Å². The monoisotopic (exact) mass is 306 g/mol. The van der Waals surface area contributed by atoms with Crippen molar-refractivity contribution in [1.29, 1.82) is 0 Å². The van der Waals surface area contributed by atoms with Gasteiger partial charge in [0, 0.05) is 23.3 Å². The number of aliphatic imine (C=N–C) groups is 1. The van der Waals surface area contributed by atoms with E-state index in [0.29, 0.717) is 24.1 Å². The first kappa shape index (κ1) is 15.0.